The van der Waals surface area contributed by atoms with Gasteiger partial charge < -0.3 is 20.7 Å². The number of rotatable bonds is 10. The van der Waals surface area contributed by atoms with E-state index in [1.165, 1.54) is 12.1 Å². The van der Waals surface area contributed by atoms with Gasteiger partial charge in [0.15, 0.2) is 6.61 Å². The molecule has 31 heavy (non-hydrogen) atoms. The van der Waals surface area contributed by atoms with E-state index in [0.717, 1.165) is 11.3 Å². The lowest BCUT2D eigenvalue weighted by Crippen LogP contribution is -2.43. The second-order valence-electron chi connectivity index (χ2n) is 7.75. The van der Waals surface area contributed by atoms with Crippen molar-refractivity contribution in [2.24, 2.45) is 0 Å². The van der Waals surface area contributed by atoms with Gasteiger partial charge in [0.1, 0.15) is 5.75 Å². The number of benzene rings is 2. The lowest BCUT2D eigenvalue weighted by atomic mass is 10.1. The van der Waals surface area contributed by atoms with Crippen LogP contribution in [0.25, 0.3) is 0 Å². The second-order valence-corrected chi connectivity index (χ2v) is 8.18. The fraction of sp³-hybridized carbons (Fsp3) is 0.381. The highest BCUT2D eigenvalue weighted by atomic mass is 35.5. The van der Waals surface area contributed by atoms with Crippen LogP contribution in [0.5, 0.6) is 5.75 Å². The summed E-state index contributed by atoms with van der Waals surface area (Å²) in [6.45, 7) is 7.44. The Morgan fingerprint density at radius 2 is 1.81 bits per heavy atom. The average molecular weight is 471 g/mol. The van der Waals surface area contributed by atoms with Crippen molar-refractivity contribution < 1.29 is 14.5 Å². The van der Waals surface area contributed by atoms with E-state index in [-0.39, 0.29) is 36.1 Å². The number of nitrogens with one attached hydrogen (secondary N) is 3. The minimum absolute atomic E-state index is 0. The molecule has 0 bridgehead atoms. The Labute approximate surface area is 193 Å². The van der Waals surface area contributed by atoms with Crippen molar-refractivity contribution in [3.8, 4) is 5.75 Å². The van der Waals surface area contributed by atoms with Crippen LogP contribution < -0.4 is 20.7 Å². The van der Waals surface area contributed by atoms with Gasteiger partial charge in [0.25, 0.3) is 11.6 Å². The Morgan fingerprint density at radius 3 is 2.42 bits per heavy atom. The van der Waals surface area contributed by atoms with E-state index in [2.05, 4.69) is 16.0 Å². The summed E-state index contributed by atoms with van der Waals surface area (Å²) in [5.74, 6) is 0.406. The first-order valence-electron chi connectivity index (χ1n) is 9.55. The molecule has 0 saturated carbocycles. The van der Waals surface area contributed by atoms with Crippen LogP contribution in [0.1, 0.15) is 26.3 Å². The van der Waals surface area contributed by atoms with Crippen LogP contribution in [-0.2, 0) is 11.3 Å². The summed E-state index contributed by atoms with van der Waals surface area (Å²) >= 11 is 6.10. The highest BCUT2D eigenvalue weighted by Gasteiger charge is 2.15. The number of ether oxygens (including phenoxy) is 1. The normalized spacial score (nSPS) is 10.7. The quantitative estimate of drug-likeness (QED) is 0.273. The largest absolute Gasteiger partial charge is 0.483 e. The van der Waals surface area contributed by atoms with Gasteiger partial charge in [0.2, 0.25) is 0 Å². The molecule has 170 valence electrons. The first-order valence-corrected chi connectivity index (χ1v) is 9.93. The molecule has 0 aliphatic rings. The van der Waals surface area contributed by atoms with Crippen LogP contribution in [-0.4, -0.2) is 36.1 Å². The SMILES string of the molecule is CC(C)(C)NC(=O)COc1ccc(Cl)cc1CNCCNc1ccc([N+](=O)[O-])cc1.Cl. The number of halogens is 2. The van der Waals surface area contributed by atoms with Crippen molar-refractivity contribution >= 4 is 41.3 Å². The van der Waals surface area contributed by atoms with Crippen molar-refractivity contribution in [2.75, 3.05) is 25.0 Å². The molecule has 0 unspecified atom stereocenters. The number of carbonyl (C=O) groups is 1. The summed E-state index contributed by atoms with van der Waals surface area (Å²) in [4.78, 5) is 22.2. The molecule has 0 aromatic heterocycles. The number of hydrogen-bond donors (Lipinski definition) is 3. The van der Waals surface area contributed by atoms with Gasteiger partial charge in [-0.15, -0.1) is 12.4 Å². The van der Waals surface area contributed by atoms with Crippen molar-refractivity contribution in [1.82, 2.24) is 10.6 Å². The number of nitrogens with zero attached hydrogens (tertiary/aromatic N) is 1. The van der Waals surface area contributed by atoms with Crippen molar-refractivity contribution in [3.05, 3.63) is 63.2 Å². The summed E-state index contributed by atoms with van der Waals surface area (Å²) in [5, 5.41) is 20.6. The van der Waals surface area contributed by atoms with Gasteiger partial charge in [-0.25, -0.2) is 0 Å². The minimum atomic E-state index is -0.428. The molecule has 10 heteroatoms. The van der Waals surface area contributed by atoms with E-state index in [9.17, 15) is 14.9 Å². The fourth-order valence-corrected chi connectivity index (χ4v) is 2.84. The first-order chi connectivity index (χ1) is 14.1. The number of non-ortho nitro benzene ring substituents is 1. The van der Waals surface area contributed by atoms with Crippen molar-refractivity contribution in [3.63, 3.8) is 0 Å². The molecular formula is C21H28Cl2N4O4. The Kier molecular flexibility index (Phi) is 10.5. The van der Waals surface area contributed by atoms with E-state index >= 15 is 0 Å². The van der Waals surface area contributed by atoms with Gasteiger partial charge >= 0.3 is 0 Å². The van der Waals surface area contributed by atoms with E-state index < -0.39 is 4.92 Å². The van der Waals surface area contributed by atoms with Crippen LogP contribution in [0.15, 0.2) is 42.5 Å². The van der Waals surface area contributed by atoms with Gasteiger partial charge in [-0.3, -0.25) is 14.9 Å². The van der Waals surface area contributed by atoms with Gasteiger partial charge in [-0.2, -0.15) is 0 Å². The fourth-order valence-electron chi connectivity index (χ4n) is 2.64. The van der Waals surface area contributed by atoms with E-state index in [1.807, 2.05) is 20.8 Å². The monoisotopic (exact) mass is 470 g/mol. The van der Waals surface area contributed by atoms with Crippen LogP contribution in [0.2, 0.25) is 5.02 Å². The summed E-state index contributed by atoms with van der Waals surface area (Å²) in [7, 11) is 0. The summed E-state index contributed by atoms with van der Waals surface area (Å²) in [6, 6.07) is 11.5. The number of nitro groups is 1. The van der Waals surface area contributed by atoms with Crippen LogP contribution in [0, 0.1) is 10.1 Å². The summed E-state index contributed by atoms with van der Waals surface area (Å²) in [6.07, 6.45) is 0. The highest BCUT2D eigenvalue weighted by molar-refractivity contribution is 6.30. The Hall–Kier alpha value is -2.55. The zero-order valence-electron chi connectivity index (χ0n) is 17.7. The standard InChI is InChI=1S/C21H27ClN4O4.ClH/c1-21(2,3)25-20(27)14-30-19-9-4-16(22)12-15(19)13-23-10-11-24-17-5-7-18(8-6-17)26(28)29;/h4-9,12,23-24H,10-11,13-14H2,1-3H3,(H,25,27);1H. The Balaban J connectivity index is 0.00000480. The van der Waals surface area contributed by atoms with Crippen molar-refractivity contribution in [2.45, 2.75) is 32.9 Å². The zero-order valence-corrected chi connectivity index (χ0v) is 19.3. The van der Waals surface area contributed by atoms with Gasteiger partial charge in [-0.1, -0.05) is 11.6 Å². The number of carbonyl (C=O) groups excluding carboxylic acids is 1. The minimum Gasteiger partial charge on any atom is -0.483 e. The molecule has 0 saturated heterocycles. The smallest absolute Gasteiger partial charge is 0.269 e. The maximum Gasteiger partial charge on any atom is 0.269 e. The van der Waals surface area contributed by atoms with E-state index in [1.54, 1.807) is 30.3 Å². The molecule has 8 nitrogen and oxygen atoms in total. The predicted molar refractivity (Wildman–Crippen MR) is 125 cm³/mol. The summed E-state index contributed by atoms with van der Waals surface area (Å²) in [5.41, 5.74) is 1.39. The van der Waals surface area contributed by atoms with E-state index in [0.29, 0.717) is 30.4 Å². The molecule has 0 fully saturated rings. The number of anilines is 1. The third-order valence-electron chi connectivity index (χ3n) is 3.92. The van der Waals surface area contributed by atoms with Crippen LogP contribution in [0.3, 0.4) is 0 Å². The molecule has 2 rings (SSSR count). The second kappa shape index (κ2) is 12.3. The molecule has 1 amide bonds. The first kappa shape index (κ1) is 26.5. The lowest BCUT2D eigenvalue weighted by Gasteiger charge is -2.21. The van der Waals surface area contributed by atoms with E-state index in [4.69, 9.17) is 16.3 Å². The molecule has 0 spiro atoms. The average Bonchev–Trinajstić information content (AvgIpc) is 2.66. The topological polar surface area (TPSA) is 106 Å². The third kappa shape index (κ3) is 9.87. The highest BCUT2D eigenvalue weighted by Crippen LogP contribution is 2.23. The summed E-state index contributed by atoms with van der Waals surface area (Å²) < 4.78 is 5.68. The lowest BCUT2D eigenvalue weighted by molar-refractivity contribution is -0.384. The number of hydrogen-bond acceptors (Lipinski definition) is 6. The Bertz CT molecular complexity index is 871. The zero-order chi connectivity index (χ0) is 22.1. The maximum absolute atomic E-state index is 12.0. The molecule has 0 radical (unpaired) electrons. The molecule has 0 heterocycles. The van der Waals surface area contributed by atoms with Gasteiger partial charge in [0.05, 0.1) is 4.92 Å². The maximum atomic E-state index is 12.0. The number of nitro benzene ring substituents is 1. The predicted octanol–water partition coefficient (Wildman–Crippen LogP) is 4.17. The molecule has 3 N–H and O–H groups in total. The third-order valence-corrected chi connectivity index (χ3v) is 4.16. The van der Waals surface area contributed by atoms with Gasteiger partial charge in [-0.05, 0) is 51.1 Å². The molecule has 2 aromatic carbocycles. The van der Waals surface area contributed by atoms with Crippen LogP contribution in [0.4, 0.5) is 11.4 Å². The van der Waals surface area contributed by atoms with Crippen molar-refractivity contribution in [1.29, 1.82) is 0 Å². The Morgan fingerprint density at radius 1 is 1.13 bits per heavy atom. The van der Waals surface area contributed by atoms with Crippen LogP contribution >= 0.6 is 24.0 Å². The molecule has 0 atom stereocenters. The molecule has 0 aliphatic heterocycles. The molecular weight excluding hydrogens is 443 g/mol. The molecule has 0 aliphatic carbocycles. The number of amides is 1. The molecule has 2 aromatic rings. The van der Waals surface area contributed by atoms with Gasteiger partial charge in [0, 0.05) is 53.6 Å².